The summed E-state index contributed by atoms with van der Waals surface area (Å²) in [6.45, 7) is 2.24. The minimum Gasteiger partial charge on any atom is -0.356 e. The van der Waals surface area contributed by atoms with Gasteiger partial charge in [-0.1, -0.05) is 42.5 Å². The summed E-state index contributed by atoms with van der Waals surface area (Å²) in [7, 11) is 5.86. The van der Waals surface area contributed by atoms with E-state index in [0.29, 0.717) is 31.0 Å². The molecule has 0 saturated carbocycles. The minimum atomic E-state index is -0.162. The Bertz CT molecular complexity index is 698. The number of halogens is 1. The van der Waals surface area contributed by atoms with Crippen molar-refractivity contribution in [3.8, 4) is 0 Å². The van der Waals surface area contributed by atoms with Crippen LogP contribution in [0.3, 0.4) is 0 Å². The standard InChI is InChI=1S/C20H27FN4/c1-22-20(23-12-11-18-9-4-5-10-19(18)21)24-14-16-7-6-8-17(13-16)15-25(2)3/h4-10,13H,11-12,14-15H2,1-3H3,(H2,22,23,24). The van der Waals surface area contributed by atoms with Gasteiger partial charge in [0.25, 0.3) is 0 Å². The molecule has 2 N–H and O–H groups in total. The van der Waals surface area contributed by atoms with Gasteiger partial charge in [-0.3, -0.25) is 4.99 Å². The Labute approximate surface area is 149 Å². The third kappa shape index (κ3) is 6.55. The van der Waals surface area contributed by atoms with E-state index in [4.69, 9.17) is 0 Å². The first-order valence-corrected chi connectivity index (χ1v) is 8.49. The van der Waals surface area contributed by atoms with Crippen molar-refractivity contribution in [3.05, 3.63) is 71.0 Å². The number of benzene rings is 2. The topological polar surface area (TPSA) is 39.7 Å². The lowest BCUT2D eigenvalue weighted by Gasteiger charge is -2.14. The van der Waals surface area contributed by atoms with Gasteiger partial charge in [0.1, 0.15) is 5.82 Å². The number of nitrogens with one attached hydrogen (secondary N) is 2. The Kier molecular flexibility index (Phi) is 7.41. The Morgan fingerprint density at radius 2 is 1.80 bits per heavy atom. The number of hydrogen-bond donors (Lipinski definition) is 2. The molecule has 0 saturated heterocycles. The van der Waals surface area contributed by atoms with Crippen molar-refractivity contribution >= 4 is 5.96 Å². The zero-order valence-corrected chi connectivity index (χ0v) is 15.2. The Balaban J connectivity index is 1.81. The Morgan fingerprint density at radius 3 is 2.52 bits per heavy atom. The smallest absolute Gasteiger partial charge is 0.191 e. The molecule has 4 nitrogen and oxygen atoms in total. The lowest BCUT2D eigenvalue weighted by molar-refractivity contribution is 0.402. The first kappa shape index (κ1) is 18.9. The summed E-state index contributed by atoms with van der Waals surface area (Å²) in [4.78, 5) is 6.37. The second kappa shape index (κ2) is 9.79. The number of rotatable bonds is 7. The lowest BCUT2D eigenvalue weighted by atomic mass is 10.1. The number of aliphatic imine (C=N–C) groups is 1. The maximum atomic E-state index is 13.6. The van der Waals surface area contributed by atoms with Crippen molar-refractivity contribution in [2.45, 2.75) is 19.5 Å². The summed E-state index contributed by atoms with van der Waals surface area (Å²) in [6, 6.07) is 15.4. The van der Waals surface area contributed by atoms with E-state index in [1.807, 2.05) is 12.1 Å². The molecular formula is C20H27FN4. The van der Waals surface area contributed by atoms with E-state index in [1.54, 1.807) is 13.1 Å². The second-order valence-electron chi connectivity index (χ2n) is 6.25. The fraction of sp³-hybridized carbons (Fsp3) is 0.350. The van der Waals surface area contributed by atoms with E-state index in [2.05, 4.69) is 58.9 Å². The quantitative estimate of drug-likeness (QED) is 0.600. The highest BCUT2D eigenvalue weighted by atomic mass is 19.1. The van der Waals surface area contributed by atoms with Crippen molar-refractivity contribution < 1.29 is 4.39 Å². The Morgan fingerprint density at radius 1 is 1.04 bits per heavy atom. The maximum Gasteiger partial charge on any atom is 0.191 e. The molecule has 0 aliphatic heterocycles. The van der Waals surface area contributed by atoms with Crippen LogP contribution >= 0.6 is 0 Å². The first-order valence-electron chi connectivity index (χ1n) is 8.49. The largest absolute Gasteiger partial charge is 0.356 e. The van der Waals surface area contributed by atoms with Crippen molar-refractivity contribution in [2.24, 2.45) is 4.99 Å². The van der Waals surface area contributed by atoms with Crippen LogP contribution in [0.5, 0.6) is 0 Å². The highest BCUT2D eigenvalue weighted by Gasteiger charge is 2.03. The van der Waals surface area contributed by atoms with Crippen molar-refractivity contribution in [1.82, 2.24) is 15.5 Å². The SMILES string of the molecule is CN=C(NCCc1ccccc1F)NCc1cccc(CN(C)C)c1. The van der Waals surface area contributed by atoms with Gasteiger partial charge < -0.3 is 15.5 Å². The number of hydrogen-bond acceptors (Lipinski definition) is 2. The monoisotopic (exact) mass is 342 g/mol. The van der Waals surface area contributed by atoms with Gasteiger partial charge in [0.2, 0.25) is 0 Å². The van der Waals surface area contributed by atoms with Crippen LogP contribution in [0, 0.1) is 5.82 Å². The molecule has 0 aliphatic rings. The van der Waals surface area contributed by atoms with E-state index in [9.17, 15) is 4.39 Å². The van der Waals surface area contributed by atoms with Gasteiger partial charge in [-0.2, -0.15) is 0 Å². The zero-order valence-electron chi connectivity index (χ0n) is 15.2. The van der Waals surface area contributed by atoms with Gasteiger partial charge in [0, 0.05) is 26.7 Å². The van der Waals surface area contributed by atoms with Crippen molar-refractivity contribution in [3.63, 3.8) is 0 Å². The molecule has 0 unspecified atom stereocenters. The van der Waals surface area contributed by atoms with Gasteiger partial charge in [-0.15, -0.1) is 0 Å². The zero-order chi connectivity index (χ0) is 18.1. The van der Waals surface area contributed by atoms with Crippen LogP contribution in [0.15, 0.2) is 53.5 Å². The summed E-state index contributed by atoms with van der Waals surface area (Å²) in [5, 5.41) is 6.52. The van der Waals surface area contributed by atoms with Crippen LogP contribution in [0.1, 0.15) is 16.7 Å². The van der Waals surface area contributed by atoms with E-state index < -0.39 is 0 Å². The van der Waals surface area contributed by atoms with Crippen LogP contribution in [-0.4, -0.2) is 38.5 Å². The van der Waals surface area contributed by atoms with Crippen LogP contribution in [-0.2, 0) is 19.5 Å². The molecule has 0 spiro atoms. The first-order chi connectivity index (χ1) is 12.1. The highest BCUT2D eigenvalue weighted by Crippen LogP contribution is 2.07. The molecule has 0 aromatic heterocycles. The molecule has 0 atom stereocenters. The van der Waals surface area contributed by atoms with Gasteiger partial charge >= 0.3 is 0 Å². The van der Waals surface area contributed by atoms with Gasteiger partial charge in [-0.05, 0) is 43.3 Å². The third-order valence-corrected chi connectivity index (χ3v) is 3.82. The predicted octanol–water partition coefficient (Wildman–Crippen LogP) is 2.80. The molecule has 0 radical (unpaired) electrons. The van der Waals surface area contributed by atoms with E-state index in [0.717, 1.165) is 6.54 Å². The summed E-state index contributed by atoms with van der Waals surface area (Å²) in [5.74, 6) is 0.555. The summed E-state index contributed by atoms with van der Waals surface area (Å²) in [5.41, 5.74) is 3.20. The van der Waals surface area contributed by atoms with Crippen LogP contribution < -0.4 is 10.6 Å². The molecule has 0 aliphatic carbocycles. The molecule has 2 aromatic rings. The predicted molar refractivity (Wildman–Crippen MR) is 102 cm³/mol. The fourth-order valence-corrected chi connectivity index (χ4v) is 2.63. The van der Waals surface area contributed by atoms with E-state index in [1.165, 1.54) is 17.2 Å². The molecule has 2 rings (SSSR count). The second-order valence-corrected chi connectivity index (χ2v) is 6.25. The third-order valence-electron chi connectivity index (χ3n) is 3.82. The molecule has 0 heterocycles. The average Bonchev–Trinajstić information content (AvgIpc) is 2.59. The van der Waals surface area contributed by atoms with Crippen LogP contribution in [0.2, 0.25) is 0 Å². The molecule has 0 amide bonds. The molecule has 134 valence electrons. The van der Waals surface area contributed by atoms with E-state index >= 15 is 0 Å². The molecule has 0 bridgehead atoms. The number of nitrogens with zero attached hydrogens (tertiary/aromatic N) is 2. The molecule has 2 aromatic carbocycles. The average molecular weight is 342 g/mol. The maximum absolute atomic E-state index is 13.6. The lowest BCUT2D eigenvalue weighted by Crippen LogP contribution is -2.37. The Hall–Kier alpha value is -2.40. The van der Waals surface area contributed by atoms with Crippen LogP contribution in [0.25, 0.3) is 0 Å². The van der Waals surface area contributed by atoms with Crippen LogP contribution in [0.4, 0.5) is 4.39 Å². The van der Waals surface area contributed by atoms with E-state index in [-0.39, 0.29) is 5.82 Å². The molecule has 25 heavy (non-hydrogen) atoms. The molecule has 0 fully saturated rings. The summed E-state index contributed by atoms with van der Waals surface area (Å²) >= 11 is 0. The minimum absolute atomic E-state index is 0.162. The fourth-order valence-electron chi connectivity index (χ4n) is 2.63. The van der Waals surface area contributed by atoms with Gasteiger partial charge in [0.15, 0.2) is 5.96 Å². The summed E-state index contributed by atoms with van der Waals surface area (Å²) < 4.78 is 13.6. The molecule has 5 heteroatoms. The molecular weight excluding hydrogens is 315 g/mol. The normalized spacial score (nSPS) is 11.6. The van der Waals surface area contributed by atoms with Gasteiger partial charge in [0.05, 0.1) is 0 Å². The van der Waals surface area contributed by atoms with Crippen molar-refractivity contribution in [2.75, 3.05) is 27.7 Å². The van der Waals surface area contributed by atoms with Gasteiger partial charge in [-0.25, -0.2) is 4.39 Å². The van der Waals surface area contributed by atoms with Crippen molar-refractivity contribution in [1.29, 1.82) is 0 Å². The summed E-state index contributed by atoms with van der Waals surface area (Å²) in [6.07, 6.45) is 0.617. The number of guanidine groups is 1. The highest BCUT2D eigenvalue weighted by molar-refractivity contribution is 5.79.